The van der Waals surface area contributed by atoms with Gasteiger partial charge in [0.2, 0.25) is 0 Å². The lowest BCUT2D eigenvalue weighted by Crippen LogP contribution is -1.65. The third-order valence-electron chi connectivity index (χ3n) is 0.962. The highest BCUT2D eigenvalue weighted by molar-refractivity contribution is 5.01. The van der Waals surface area contributed by atoms with E-state index in [9.17, 15) is 0 Å². The Hall–Kier alpha value is -0.740. The Bertz CT molecular complexity index is 123. The van der Waals surface area contributed by atoms with Gasteiger partial charge in [0.15, 0.2) is 0 Å². The molecule has 0 unspecified atom stereocenters. The molecule has 0 heterocycles. The molecule has 0 heteroatoms. The summed E-state index contributed by atoms with van der Waals surface area (Å²) in [6, 6.07) is 0. The molecule has 0 aliphatic carbocycles. The summed E-state index contributed by atoms with van der Waals surface area (Å²) in [4.78, 5) is 0. The van der Waals surface area contributed by atoms with Crippen molar-refractivity contribution < 1.29 is 0 Å². The standard InChI is InChI=1S/C8H12/c1-4-6-7-8(3)5-2/h4,6H,2,7H2,1,3H3/b6-4-. The van der Waals surface area contributed by atoms with Crippen LogP contribution in [-0.2, 0) is 0 Å². The van der Waals surface area contributed by atoms with Crippen LogP contribution in [0.1, 0.15) is 20.3 Å². The molecule has 44 valence electrons. The van der Waals surface area contributed by atoms with Gasteiger partial charge in [0.25, 0.3) is 0 Å². The van der Waals surface area contributed by atoms with Crippen molar-refractivity contribution in [1.29, 1.82) is 0 Å². The Labute approximate surface area is 51.2 Å². The number of hydrogen-bond donors (Lipinski definition) is 0. The van der Waals surface area contributed by atoms with Gasteiger partial charge >= 0.3 is 0 Å². The van der Waals surface area contributed by atoms with E-state index in [0.717, 1.165) is 6.42 Å². The molecule has 0 saturated heterocycles. The molecule has 0 radical (unpaired) electrons. The summed E-state index contributed by atoms with van der Waals surface area (Å²) in [5.41, 5.74) is 4.01. The molecule has 0 bridgehead atoms. The molecule has 0 nitrogen and oxygen atoms in total. The lowest BCUT2D eigenvalue weighted by molar-refractivity contribution is 1.22. The zero-order valence-corrected chi connectivity index (χ0v) is 5.57. The summed E-state index contributed by atoms with van der Waals surface area (Å²) in [6.07, 6.45) is 5.11. The van der Waals surface area contributed by atoms with Crippen LogP contribution in [0.3, 0.4) is 0 Å². The maximum absolute atomic E-state index is 3.52. The number of allylic oxidation sites excluding steroid dienone is 3. The van der Waals surface area contributed by atoms with Gasteiger partial charge in [0.1, 0.15) is 0 Å². The molecule has 0 amide bonds. The Kier molecular flexibility index (Phi) is 4.01. The van der Waals surface area contributed by atoms with Crippen LogP contribution in [0, 0.1) is 0 Å². The molecule has 8 heavy (non-hydrogen) atoms. The van der Waals surface area contributed by atoms with Crippen LogP contribution in [0.2, 0.25) is 0 Å². The average molecular weight is 108 g/mol. The molecular formula is C8H12. The molecule has 0 rings (SSSR count). The van der Waals surface area contributed by atoms with E-state index in [2.05, 4.69) is 18.4 Å². The van der Waals surface area contributed by atoms with E-state index < -0.39 is 0 Å². The molecule has 0 spiro atoms. The topological polar surface area (TPSA) is 0 Å². The molecule has 0 aromatic heterocycles. The quantitative estimate of drug-likeness (QED) is 0.377. The molecule has 0 aromatic rings. The zero-order valence-electron chi connectivity index (χ0n) is 5.57. The fourth-order valence-electron chi connectivity index (χ4n) is 0.367. The fraction of sp³-hybridized carbons (Fsp3) is 0.375. The Balaban J connectivity index is 3.56. The van der Waals surface area contributed by atoms with E-state index in [0.29, 0.717) is 0 Å². The van der Waals surface area contributed by atoms with Crippen LogP contribution in [0.15, 0.2) is 30.0 Å². The summed E-state index contributed by atoms with van der Waals surface area (Å²) in [7, 11) is 0. The first-order chi connectivity index (χ1) is 3.81. The van der Waals surface area contributed by atoms with Gasteiger partial charge in [-0.3, -0.25) is 0 Å². The predicted molar refractivity (Wildman–Crippen MR) is 37.8 cm³/mol. The van der Waals surface area contributed by atoms with E-state index in [-0.39, 0.29) is 0 Å². The molecule has 0 fully saturated rings. The normalized spacial score (nSPS) is 9.25. The van der Waals surface area contributed by atoms with Crippen molar-refractivity contribution >= 4 is 0 Å². The van der Waals surface area contributed by atoms with E-state index >= 15 is 0 Å². The van der Waals surface area contributed by atoms with Crippen molar-refractivity contribution in [1.82, 2.24) is 0 Å². The van der Waals surface area contributed by atoms with Crippen molar-refractivity contribution in [3.63, 3.8) is 0 Å². The van der Waals surface area contributed by atoms with Gasteiger partial charge in [-0.15, -0.1) is 5.73 Å². The van der Waals surface area contributed by atoms with Crippen molar-refractivity contribution in [2.75, 3.05) is 0 Å². The van der Waals surface area contributed by atoms with Crippen LogP contribution in [-0.4, -0.2) is 0 Å². The largest absolute Gasteiger partial charge is 0.130 e. The molecule has 0 aliphatic rings. The second-order valence-corrected chi connectivity index (χ2v) is 1.73. The molecular weight excluding hydrogens is 96.1 g/mol. The molecule has 0 atom stereocenters. The number of hydrogen-bond acceptors (Lipinski definition) is 0. The third-order valence-corrected chi connectivity index (χ3v) is 0.962. The lowest BCUT2D eigenvalue weighted by Gasteiger charge is -1.84. The highest BCUT2D eigenvalue weighted by atomic mass is 13.8. The van der Waals surface area contributed by atoms with Crippen molar-refractivity contribution in [2.45, 2.75) is 20.3 Å². The maximum Gasteiger partial charge on any atom is -0.00656 e. The van der Waals surface area contributed by atoms with Gasteiger partial charge in [-0.25, -0.2) is 0 Å². The summed E-state index contributed by atoms with van der Waals surface area (Å²) < 4.78 is 0. The summed E-state index contributed by atoms with van der Waals surface area (Å²) in [5.74, 6) is 0. The SMILES string of the molecule is C=C=C(C)C/C=C\C. The second kappa shape index (κ2) is 4.42. The van der Waals surface area contributed by atoms with Crippen molar-refractivity contribution in [3.05, 3.63) is 30.0 Å². The predicted octanol–water partition coefficient (Wildman–Crippen LogP) is 2.68. The molecule has 0 saturated carbocycles. The maximum atomic E-state index is 3.52. The number of rotatable bonds is 2. The van der Waals surface area contributed by atoms with E-state index in [1.165, 1.54) is 5.57 Å². The summed E-state index contributed by atoms with van der Waals surface area (Å²) >= 11 is 0. The summed E-state index contributed by atoms with van der Waals surface area (Å²) in [5, 5.41) is 0. The van der Waals surface area contributed by atoms with Crippen LogP contribution < -0.4 is 0 Å². The minimum absolute atomic E-state index is 0.986. The van der Waals surface area contributed by atoms with Gasteiger partial charge in [-0.05, 0) is 25.8 Å². The molecule has 0 aromatic carbocycles. The van der Waals surface area contributed by atoms with E-state index in [1.807, 2.05) is 19.9 Å². The highest BCUT2D eigenvalue weighted by Gasteiger charge is 1.76. The van der Waals surface area contributed by atoms with Crippen LogP contribution >= 0.6 is 0 Å². The third kappa shape index (κ3) is 3.45. The van der Waals surface area contributed by atoms with Crippen molar-refractivity contribution in [2.24, 2.45) is 0 Å². The lowest BCUT2D eigenvalue weighted by atomic mass is 10.2. The first kappa shape index (κ1) is 7.26. The second-order valence-electron chi connectivity index (χ2n) is 1.73. The van der Waals surface area contributed by atoms with Gasteiger partial charge in [-0.2, -0.15) is 0 Å². The summed E-state index contributed by atoms with van der Waals surface area (Å²) in [6.45, 7) is 7.55. The minimum Gasteiger partial charge on any atom is -0.130 e. The molecule has 0 aliphatic heterocycles. The van der Waals surface area contributed by atoms with Crippen LogP contribution in [0.25, 0.3) is 0 Å². The fourth-order valence-corrected chi connectivity index (χ4v) is 0.367. The highest BCUT2D eigenvalue weighted by Crippen LogP contribution is 1.96. The Morgan fingerprint density at radius 3 is 2.75 bits per heavy atom. The van der Waals surface area contributed by atoms with Crippen LogP contribution in [0.5, 0.6) is 0 Å². The van der Waals surface area contributed by atoms with Crippen molar-refractivity contribution in [3.8, 4) is 0 Å². The average Bonchev–Trinajstić information content (AvgIpc) is 1.83. The van der Waals surface area contributed by atoms with E-state index in [1.54, 1.807) is 0 Å². The van der Waals surface area contributed by atoms with Gasteiger partial charge in [0, 0.05) is 0 Å². The Morgan fingerprint density at radius 2 is 2.38 bits per heavy atom. The smallest absolute Gasteiger partial charge is 0.00656 e. The minimum atomic E-state index is 0.986. The monoisotopic (exact) mass is 108 g/mol. The molecule has 0 N–H and O–H groups in total. The Morgan fingerprint density at radius 1 is 1.75 bits per heavy atom. The van der Waals surface area contributed by atoms with Gasteiger partial charge < -0.3 is 0 Å². The van der Waals surface area contributed by atoms with E-state index in [4.69, 9.17) is 0 Å². The van der Waals surface area contributed by atoms with Gasteiger partial charge in [-0.1, -0.05) is 18.7 Å². The van der Waals surface area contributed by atoms with Crippen LogP contribution in [0.4, 0.5) is 0 Å². The first-order valence-corrected chi connectivity index (χ1v) is 2.78. The van der Waals surface area contributed by atoms with Gasteiger partial charge in [0.05, 0.1) is 0 Å². The zero-order chi connectivity index (χ0) is 6.41. The first-order valence-electron chi connectivity index (χ1n) is 2.78.